The Bertz CT molecular complexity index is 323. The SMILES string of the molecule is COc1cccc(CNOCC2CCC2)c1. The van der Waals surface area contributed by atoms with Crippen LogP contribution < -0.4 is 10.2 Å². The molecule has 0 saturated heterocycles. The largest absolute Gasteiger partial charge is 0.497 e. The normalized spacial score (nSPS) is 15.8. The molecule has 1 N–H and O–H groups in total. The van der Waals surface area contributed by atoms with Crippen LogP contribution in [0.2, 0.25) is 0 Å². The Morgan fingerprint density at radius 3 is 2.94 bits per heavy atom. The molecule has 0 radical (unpaired) electrons. The molecule has 1 saturated carbocycles. The van der Waals surface area contributed by atoms with Crippen LogP contribution >= 0.6 is 0 Å². The number of ether oxygens (including phenoxy) is 1. The maximum absolute atomic E-state index is 5.42. The quantitative estimate of drug-likeness (QED) is 0.591. The molecule has 0 aromatic heterocycles. The first-order chi connectivity index (χ1) is 7.88. The van der Waals surface area contributed by atoms with Crippen LogP contribution in [0.5, 0.6) is 5.75 Å². The van der Waals surface area contributed by atoms with Gasteiger partial charge in [0.25, 0.3) is 0 Å². The van der Waals surface area contributed by atoms with Gasteiger partial charge in [0.15, 0.2) is 0 Å². The van der Waals surface area contributed by atoms with Gasteiger partial charge in [-0.2, -0.15) is 5.48 Å². The predicted octanol–water partition coefficient (Wildman–Crippen LogP) is 2.52. The van der Waals surface area contributed by atoms with E-state index in [1.54, 1.807) is 7.11 Å². The molecule has 3 heteroatoms. The van der Waals surface area contributed by atoms with E-state index in [4.69, 9.17) is 9.57 Å². The number of rotatable bonds is 6. The minimum Gasteiger partial charge on any atom is -0.497 e. The summed E-state index contributed by atoms with van der Waals surface area (Å²) in [6.45, 7) is 1.56. The molecule has 3 nitrogen and oxygen atoms in total. The fourth-order valence-electron chi connectivity index (χ4n) is 1.75. The maximum Gasteiger partial charge on any atom is 0.119 e. The van der Waals surface area contributed by atoms with Crippen LogP contribution in [0, 0.1) is 5.92 Å². The lowest BCUT2D eigenvalue weighted by Crippen LogP contribution is -2.23. The zero-order chi connectivity index (χ0) is 11.2. The van der Waals surface area contributed by atoms with E-state index in [0.717, 1.165) is 24.8 Å². The first kappa shape index (κ1) is 11.4. The summed E-state index contributed by atoms with van der Waals surface area (Å²) < 4.78 is 5.16. The van der Waals surface area contributed by atoms with Gasteiger partial charge in [0.1, 0.15) is 5.75 Å². The maximum atomic E-state index is 5.42. The van der Waals surface area contributed by atoms with Crippen LogP contribution in [0.25, 0.3) is 0 Å². The average Bonchev–Trinajstić information content (AvgIpc) is 2.27. The predicted molar refractivity (Wildman–Crippen MR) is 63.1 cm³/mol. The Kier molecular flexibility index (Phi) is 4.19. The van der Waals surface area contributed by atoms with Crippen molar-refractivity contribution in [1.82, 2.24) is 5.48 Å². The number of hydrogen-bond donors (Lipinski definition) is 1. The van der Waals surface area contributed by atoms with Crippen LogP contribution in [0.3, 0.4) is 0 Å². The van der Waals surface area contributed by atoms with E-state index in [0.29, 0.717) is 0 Å². The third kappa shape index (κ3) is 3.22. The highest BCUT2D eigenvalue weighted by molar-refractivity contribution is 5.28. The molecule has 0 bridgehead atoms. The summed E-state index contributed by atoms with van der Waals surface area (Å²) in [5, 5.41) is 0. The number of hydroxylamine groups is 1. The molecule has 0 amide bonds. The van der Waals surface area contributed by atoms with E-state index in [9.17, 15) is 0 Å². The van der Waals surface area contributed by atoms with E-state index in [2.05, 4.69) is 11.5 Å². The fraction of sp³-hybridized carbons (Fsp3) is 0.538. The molecule has 0 heterocycles. The van der Waals surface area contributed by atoms with Gasteiger partial charge in [-0.05, 0) is 36.5 Å². The summed E-state index contributed by atoms with van der Waals surface area (Å²) in [4.78, 5) is 5.42. The van der Waals surface area contributed by atoms with Crippen LogP contribution in [0.1, 0.15) is 24.8 Å². The summed E-state index contributed by atoms with van der Waals surface area (Å²) in [5.41, 5.74) is 4.17. The van der Waals surface area contributed by atoms with Crippen molar-refractivity contribution in [3.63, 3.8) is 0 Å². The molecular formula is C13H19NO2. The van der Waals surface area contributed by atoms with Gasteiger partial charge >= 0.3 is 0 Å². The highest BCUT2D eigenvalue weighted by Crippen LogP contribution is 2.25. The van der Waals surface area contributed by atoms with Crippen LogP contribution in [-0.2, 0) is 11.4 Å². The Morgan fingerprint density at radius 2 is 2.25 bits per heavy atom. The average molecular weight is 221 g/mol. The van der Waals surface area contributed by atoms with Gasteiger partial charge in [-0.15, -0.1) is 0 Å². The molecule has 1 aromatic carbocycles. The van der Waals surface area contributed by atoms with Crippen molar-refractivity contribution in [2.75, 3.05) is 13.7 Å². The first-order valence-corrected chi connectivity index (χ1v) is 5.86. The molecule has 1 aliphatic carbocycles. The molecule has 0 spiro atoms. The summed E-state index contributed by atoms with van der Waals surface area (Å²) in [6.07, 6.45) is 4.01. The monoisotopic (exact) mass is 221 g/mol. The molecule has 0 aliphatic heterocycles. The first-order valence-electron chi connectivity index (χ1n) is 5.86. The lowest BCUT2D eigenvalue weighted by molar-refractivity contribution is -0.00425. The zero-order valence-electron chi connectivity index (χ0n) is 9.74. The third-order valence-corrected chi connectivity index (χ3v) is 3.06. The highest BCUT2D eigenvalue weighted by atomic mass is 16.6. The minimum atomic E-state index is 0.726. The van der Waals surface area contributed by atoms with Crippen molar-refractivity contribution in [1.29, 1.82) is 0 Å². The van der Waals surface area contributed by atoms with E-state index >= 15 is 0 Å². The standard InChI is InChI=1S/C13H19NO2/c1-15-13-7-3-6-12(8-13)9-14-16-10-11-4-2-5-11/h3,6-8,11,14H,2,4-5,9-10H2,1H3. The van der Waals surface area contributed by atoms with Crippen molar-refractivity contribution < 1.29 is 9.57 Å². The summed E-state index contributed by atoms with van der Waals surface area (Å²) in [6, 6.07) is 8.00. The number of methoxy groups -OCH3 is 1. The third-order valence-electron chi connectivity index (χ3n) is 3.06. The molecule has 2 rings (SSSR count). The number of hydrogen-bond acceptors (Lipinski definition) is 3. The van der Waals surface area contributed by atoms with Gasteiger partial charge in [0.05, 0.1) is 13.7 Å². The van der Waals surface area contributed by atoms with E-state index < -0.39 is 0 Å². The van der Waals surface area contributed by atoms with Crippen molar-refractivity contribution in [3.05, 3.63) is 29.8 Å². The molecule has 16 heavy (non-hydrogen) atoms. The molecule has 1 aromatic rings. The number of benzene rings is 1. The molecule has 1 aliphatic rings. The second-order valence-electron chi connectivity index (χ2n) is 4.28. The van der Waals surface area contributed by atoms with Crippen molar-refractivity contribution >= 4 is 0 Å². The summed E-state index contributed by atoms with van der Waals surface area (Å²) in [7, 11) is 1.68. The summed E-state index contributed by atoms with van der Waals surface area (Å²) in [5.74, 6) is 1.66. The van der Waals surface area contributed by atoms with Crippen LogP contribution in [0.15, 0.2) is 24.3 Å². The Morgan fingerprint density at radius 1 is 1.38 bits per heavy atom. The van der Waals surface area contributed by atoms with Crippen molar-refractivity contribution in [2.24, 2.45) is 5.92 Å². The van der Waals surface area contributed by atoms with Crippen molar-refractivity contribution in [3.8, 4) is 5.75 Å². The molecule has 0 unspecified atom stereocenters. The van der Waals surface area contributed by atoms with Gasteiger partial charge in [-0.1, -0.05) is 18.6 Å². The van der Waals surface area contributed by atoms with Crippen LogP contribution in [-0.4, -0.2) is 13.7 Å². The Balaban J connectivity index is 1.67. The van der Waals surface area contributed by atoms with Gasteiger partial charge in [0, 0.05) is 6.54 Å². The van der Waals surface area contributed by atoms with Crippen molar-refractivity contribution in [2.45, 2.75) is 25.8 Å². The number of nitrogens with one attached hydrogen (secondary N) is 1. The van der Waals surface area contributed by atoms with E-state index in [1.165, 1.54) is 24.8 Å². The Hall–Kier alpha value is -1.06. The molecular weight excluding hydrogens is 202 g/mol. The second-order valence-corrected chi connectivity index (χ2v) is 4.28. The molecule has 1 fully saturated rings. The fourth-order valence-corrected chi connectivity index (χ4v) is 1.75. The molecule has 88 valence electrons. The second kappa shape index (κ2) is 5.87. The highest BCUT2D eigenvalue weighted by Gasteiger charge is 2.17. The van der Waals surface area contributed by atoms with E-state index in [1.807, 2.05) is 18.2 Å². The summed E-state index contributed by atoms with van der Waals surface area (Å²) >= 11 is 0. The lowest BCUT2D eigenvalue weighted by atomic mass is 9.86. The van der Waals surface area contributed by atoms with Gasteiger partial charge in [-0.3, -0.25) is 0 Å². The van der Waals surface area contributed by atoms with Gasteiger partial charge in [-0.25, -0.2) is 0 Å². The van der Waals surface area contributed by atoms with Gasteiger partial charge in [0.2, 0.25) is 0 Å². The lowest BCUT2D eigenvalue weighted by Gasteiger charge is -2.24. The van der Waals surface area contributed by atoms with Crippen LogP contribution in [0.4, 0.5) is 0 Å². The minimum absolute atomic E-state index is 0.726. The van der Waals surface area contributed by atoms with Gasteiger partial charge < -0.3 is 9.57 Å². The molecule has 0 atom stereocenters. The smallest absolute Gasteiger partial charge is 0.119 e. The van der Waals surface area contributed by atoms with E-state index in [-0.39, 0.29) is 0 Å². The Labute approximate surface area is 96.7 Å². The zero-order valence-corrected chi connectivity index (χ0v) is 9.74. The topological polar surface area (TPSA) is 30.5 Å².